The lowest BCUT2D eigenvalue weighted by molar-refractivity contribution is 0.0988. The molecule has 2 rings (SSSR count). The molecule has 0 amide bonds. The molecule has 1 saturated heterocycles. The summed E-state index contributed by atoms with van der Waals surface area (Å²) in [6.07, 6.45) is 3.13. The van der Waals surface area contributed by atoms with Gasteiger partial charge < -0.3 is 4.90 Å². The number of ketones is 1. The van der Waals surface area contributed by atoms with E-state index in [9.17, 15) is 4.79 Å². The number of hydrogen-bond donors (Lipinski definition) is 0. The third kappa shape index (κ3) is 2.76. The third-order valence-electron chi connectivity index (χ3n) is 2.96. The van der Waals surface area contributed by atoms with Crippen molar-refractivity contribution in [2.45, 2.75) is 26.2 Å². The summed E-state index contributed by atoms with van der Waals surface area (Å²) in [6.45, 7) is 4.17. The van der Waals surface area contributed by atoms with Gasteiger partial charge in [-0.3, -0.25) is 4.79 Å². The van der Waals surface area contributed by atoms with Crippen molar-refractivity contribution in [1.29, 1.82) is 0 Å². The van der Waals surface area contributed by atoms with Gasteiger partial charge in [0.25, 0.3) is 0 Å². The highest BCUT2D eigenvalue weighted by Gasteiger charge is 2.13. The minimum atomic E-state index is 0. The van der Waals surface area contributed by atoms with Crippen LogP contribution in [0.25, 0.3) is 0 Å². The Morgan fingerprint density at radius 1 is 1.31 bits per heavy atom. The van der Waals surface area contributed by atoms with Crippen molar-refractivity contribution in [2.75, 3.05) is 18.0 Å². The van der Waals surface area contributed by atoms with Crippen molar-refractivity contribution in [2.24, 2.45) is 0 Å². The molecule has 1 aromatic carbocycles. The third-order valence-corrected chi connectivity index (χ3v) is 2.96. The molecular weight excluding hydrogens is 222 g/mol. The highest BCUT2D eigenvalue weighted by molar-refractivity contribution is 5.96. The van der Waals surface area contributed by atoms with Crippen LogP contribution in [0.1, 0.15) is 36.5 Å². The van der Waals surface area contributed by atoms with E-state index in [2.05, 4.69) is 11.0 Å². The number of Topliss-reactive ketones (excluding diaryl/α,β-unsaturated/α-hetero) is 1. The lowest BCUT2D eigenvalue weighted by Gasteiger charge is -2.17. The van der Waals surface area contributed by atoms with E-state index in [4.69, 9.17) is 0 Å². The van der Waals surface area contributed by atoms with Gasteiger partial charge in [-0.1, -0.05) is 19.1 Å². The van der Waals surface area contributed by atoms with Gasteiger partial charge in [0.2, 0.25) is 0 Å². The average Bonchev–Trinajstić information content (AvgIpc) is 2.82. The Labute approximate surface area is 103 Å². The number of halogens is 1. The molecule has 88 valence electrons. The maximum atomic E-state index is 11.6. The molecule has 1 fully saturated rings. The highest BCUT2D eigenvalue weighted by atomic mass is 35.5. The van der Waals surface area contributed by atoms with Crippen molar-refractivity contribution >= 4 is 23.9 Å². The minimum Gasteiger partial charge on any atom is -0.372 e. The molecule has 1 heterocycles. The van der Waals surface area contributed by atoms with Gasteiger partial charge in [0.15, 0.2) is 5.78 Å². The standard InChI is InChI=1S/C13H17NO.ClH/c1-2-13(15)11-6-5-7-12(10-11)14-8-3-4-9-14;/h5-7,10H,2-4,8-9H2,1H3;1H. The summed E-state index contributed by atoms with van der Waals surface area (Å²) in [4.78, 5) is 13.9. The van der Waals surface area contributed by atoms with E-state index in [1.165, 1.54) is 18.5 Å². The molecule has 0 bridgehead atoms. The number of benzene rings is 1. The summed E-state index contributed by atoms with van der Waals surface area (Å²) in [5.74, 6) is 0.232. The number of hydrogen-bond acceptors (Lipinski definition) is 2. The fourth-order valence-corrected chi connectivity index (χ4v) is 2.06. The van der Waals surface area contributed by atoms with Crippen LogP contribution in [0.3, 0.4) is 0 Å². The van der Waals surface area contributed by atoms with E-state index in [-0.39, 0.29) is 18.2 Å². The van der Waals surface area contributed by atoms with Gasteiger partial charge in [0.1, 0.15) is 0 Å². The van der Waals surface area contributed by atoms with Crippen LogP contribution in [0.2, 0.25) is 0 Å². The fraction of sp³-hybridized carbons (Fsp3) is 0.462. The quantitative estimate of drug-likeness (QED) is 0.755. The zero-order valence-electron chi connectivity index (χ0n) is 9.61. The van der Waals surface area contributed by atoms with Gasteiger partial charge in [0, 0.05) is 30.8 Å². The summed E-state index contributed by atoms with van der Waals surface area (Å²) in [5, 5.41) is 0. The fourth-order valence-electron chi connectivity index (χ4n) is 2.06. The molecule has 0 atom stereocenters. The molecule has 0 spiro atoms. The van der Waals surface area contributed by atoms with Crippen LogP contribution in [0.5, 0.6) is 0 Å². The molecular formula is C13H18ClNO. The van der Waals surface area contributed by atoms with E-state index in [0.717, 1.165) is 18.7 Å². The second-order valence-corrected chi connectivity index (χ2v) is 4.02. The Kier molecular flexibility index (Phi) is 4.81. The SMILES string of the molecule is CCC(=O)c1cccc(N2CCCC2)c1.Cl. The summed E-state index contributed by atoms with van der Waals surface area (Å²) in [6, 6.07) is 8.01. The highest BCUT2D eigenvalue weighted by Crippen LogP contribution is 2.21. The van der Waals surface area contributed by atoms with Crippen molar-refractivity contribution in [3.8, 4) is 0 Å². The predicted octanol–water partition coefficient (Wildman–Crippen LogP) is 3.30. The molecule has 3 heteroatoms. The molecule has 1 aliphatic heterocycles. The molecule has 1 aromatic rings. The van der Waals surface area contributed by atoms with Gasteiger partial charge in [-0.15, -0.1) is 12.4 Å². The monoisotopic (exact) mass is 239 g/mol. The largest absolute Gasteiger partial charge is 0.372 e. The van der Waals surface area contributed by atoms with Gasteiger partial charge in [-0.2, -0.15) is 0 Å². The average molecular weight is 240 g/mol. The molecule has 0 aliphatic carbocycles. The molecule has 0 aromatic heterocycles. The summed E-state index contributed by atoms with van der Waals surface area (Å²) in [7, 11) is 0. The van der Waals surface area contributed by atoms with E-state index in [1.54, 1.807) is 0 Å². The molecule has 1 aliphatic rings. The Hall–Kier alpha value is -1.02. The second-order valence-electron chi connectivity index (χ2n) is 4.02. The van der Waals surface area contributed by atoms with Crippen molar-refractivity contribution in [3.05, 3.63) is 29.8 Å². The van der Waals surface area contributed by atoms with Crippen molar-refractivity contribution in [3.63, 3.8) is 0 Å². The molecule has 0 radical (unpaired) electrons. The maximum absolute atomic E-state index is 11.6. The number of anilines is 1. The summed E-state index contributed by atoms with van der Waals surface area (Å²) in [5.41, 5.74) is 2.05. The molecule has 0 N–H and O–H groups in total. The predicted molar refractivity (Wildman–Crippen MR) is 69.8 cm³/mol. The van der Waals surface area contributed by atoms with Gasteiger partial charge >= 0.3 is 0 Å². The topological polar surface area (TPSA) is 20.3 Å². The van der Waals surface area contributed by atoms with E-state index < -0.39 is 0 Å². The number of carbonyl (C=O) groups is 1. The van der Waals surface area contributed by atoms with Crippen LogP contribution in [0.15, 0.2) is 24.3 Å². The normalized spacial score (nSPS) is 14.7. The maximum Gasteiger partial charge on any atom is 0.162 e. The van der Waals surface area contributed by atoms with E-state index in [0.29, 0.717) is 6.42 Å². The first-order valence-electron chi connectivity index (χ1n) is 5.69. The summed E-state index contributed by atoms with van der Waals surface area (Å²) >= 11 is 0. The Bertz CT molecular complexity index is 359. The van der Waals surface area contributed by atoms with E-state index >= 15 is 0 Å². The number of nitrogens with zero attached hydrogens (tertiary/aromatic N) is 1. The van der Waals surface area contributed by atoms with Gasteiger partial charge in [-0.05, 0) is 25.0 Å². The first kappa shape index (κ1) is 13.0. The zero-order chi connectivity index (χ0) is 10.7. The molecule has 2 nitrogen and oxygen atoms in total. The van der Waals surface area contributed by atoms with Crippen LogP contribution < -0.4 is 4.90 Å². The first-order valence-corrected chi connectivity index (χ1v) is 5.69. The van der Waals surface area contributed by atoms with Crippen LogP contribution in [0, 0.1) is 0 Å². The molecule has 16 heavy (non-hydrogen) atoms. The first-order chi connectivity index (χ1) is 7.31. The zero-order valence-corrected chi connectivity index (χ0v) is 10.4. The molecule has 0 saturated carbocycles. The Morgan fingerprint density at radius 2 is 2.00 bits per heavy atom. The lowest BCUT2D eigenvalue weighted by Crippen LogP contribution is -2.17. The lowest BCUT2D eigenvalue weighted by atomic mass is 10.1. The summed E-state index contributed by atoms with van der Waals surface area (Å²) < 4.78 is 0. The number of carbonyl (C=O) groups excluding carboxylic acids is 1. The minimum absolute atomic E-state index is 0. The Balaban J connectivity index is 0.00000128. The van der Waals surface area contributed by atoms with Crippen LogP contribution >= 0.6 is 12.4 Å². The van der Waals surface area contributed by atoms with E-state index in [1.807, 2.05) is 25.1 Å². The van der Waals surface area contributed by atoms with Crippen molar-refractivity contribution < 1.29 is 4.79 Å². The Morgan fingerprint density at radius 3 is 2.62 bits per heavy atom. The molecule has 0 unspecified atom stereocenters. The van der Waals surface area contributed by atoms with Crippen LogP contribution in [0.4, 0.5) is 5.69 Å². The van der Waals surface area contributed by atoms with Crippen LogP contribution in [-0.4, -0.2) is 18.9 Å². The van der Waals surface area contributed by atoms with Gasteiger partial charge in [-0.25, -0.2) is 0 Å². The van der Waals surface area contributed by atoms with Crippen molar-refractivity contribution in [1.82, 2.24) is 0 Å². The van der Waals surface area contributed by atoms with Crippen LogP contribution in [-0.2, 0) is 0 Å². The smallest absolute Gasteiger partial charge is 0.162 e. The second kappa shape index (κ2) is 5.90. The van der Waals surface area contributed by atoms with Gasteiger partial charge in [0.05, 0.1) is 0 Å². The number of rotatable bonds is 3.